The number of carbonyl (C=O) groups is 1. The molecule has 0 fully saturated rings. The maximum atomic E-state index is 12.4. The van der Waals surface area contributed by atoms with Gasteiger partial charge in [-0.3, -0.25) is 4.79 Å². The number of rotatable bonds is 6. The van der Waals surface area contributed by atoms with Crippen LogP contribution < -0.4 is 0 Å². The van der Waals surface area contributed by atoms with E-state index in [1.54, 1.807) is 12.1 Å². The summed E-state index contributed by atoms with van der Waals surface area (Å²) in [6.07, 6.45) is 0.567. The molecule has 0 aliphatic rings. The highest BCUT2D eigenvalue weighted by atomic mass is 32.2. The Morgan fingerprint density at radius 2 is 1.74 bits per heavy atom. The van der Waals surface area contributed by atoms with Gasteiger partial charge in [-0.15, -0.1) is 0 Å². The van der Waals surface area contributed by atoms with Gasteiger partial charge >= 0.3 is 5.97 Å². The van der Waals surface area contributed by atoms with Gasteiger partial charge in [-0.25, -0.2) is 8.42 Å². The van der Waals surface area contributed by atoms with Crippen molar-refractivity contribution in [3.63, 3.8) is 0 Å². The van der Waals surface area contributed by atoms with E-state index in [9.17, 15) is 13.2 Å². The van der Waals surface area contributed by atoms with Crippen LogP contribution in [0.15, 0.2) is 23.1 Å². The van der Waals surface area contributed by atoms with Crippen molar-refractivity contribution in [1.82, 2.24) is 4.31 Å². The molecule has 6 heteroatoms. The van der Waals surface area contributed by atoms with Gasteiger partial charge in [0.1, 0.15) is 6.54 Å². The van der Waals surface area contributed by atoms with Crippen molar-refractivity contribution in [3.8, 4) is 0 Å². The Bertz CT molecular complexity index is 546. The van der Waals surface area contributed by atoms with E-state index in [2.05, 4.69) is 0 Å². The van der Waals surface area contributed by atoms with Gasteiger partial charge in [-0.05, 0) is 43.5 Å². The molecular formula is C13H19NO4S. The molecule has 0 aliphatic carbocycles. The van der Waals surface area contributed by atoms with Crippen LogP contribution in [-0.4, -0.2) is 36.9 Å². The zero-order chi connectivity index (χ0) is 14.6. The molecule has 0 amide bonds. The summed E-state index contributed by atoms with van der Waals surface area (Å²) in [5, 5.41) is 8.82. The first kappa shape index (κ1) is 15.7. The van der Waals surface area contributed by atoms with E-state index in [0.717, 1.165) is 15.4 Å². The summed E-state index contributed by atoms with van der Waals surface area (Å²) >= 11 is 0. The van der Waals surface area contributed by atoms with Crippen LogP contribution in [0.2, 0.25) is 0 Å². The van der Waals surface area contributed by atoms with Crippen LogP contribution in [-0.2, 0) is 14.8 Å². The fourth-order valence-electron chi connectivity index (χ4n) is 1.92. The van der Waals surface area contributed by atoms with Crippen LogP contribution in [0.3, 0.4) is 0 Å². The number of carboxylic acid groups (broad SMARTS) is 1. The van der Waals surface area contributed by atoms with Crippen LogP contribution in [0.4, 0.5) is 0 Å². The van der Waals surface area contributed by atoms with Crippen LogP contribution in [0.1, 0.15) is 24.5 Å². The molecule has 1 aromatic rings. The first-order chi connectivity index (χ1) is 8.77. The number of nitrogens with zero attached hydrogens (tertiary/aromatic N) is 1. The van der Waals surface area contributed by atoms with Crippen molar-refractivity contribution >= 4 is 16.0 Å². The maximum Gasteiger partial charge on any atom is 0.318 e. The SMILES string of the molecule is CCCN(CC(=O)O)S(=O)(=O)c1cc(C)cc(C)c1. The lowest BCUT2D eigenvalue weighted by atomic mass is 10.2. The molecule has 1 aromatic carbocycles. The van der Waals surface area contributed by atoms with Crippen LogP contribution in [0.25, 0.3) is 0 Å². The minimum atomic E-state index is -3.75. The van der Waals surface area contributed by atoms with Gasteiger partial charge in [-0.2, -0.15) is 4.31 Å². The third kappa shape index (κ3) is 4.04. The predicted molar refractivity (Wildman–Crippen MR) is 72.6 cm³/mol. The summed E-state index contributed by atoms with van der Waals surface area (Å²) in [5.41, 5.74) is 1.68. The van der Waals surface area contributed by atoms with Gasteiger partial charge < -0.3 is 5.11 Å². The lowest BCUT2D eigenvalue weighted by molar-refractivity contribution is -0.137. The van der Waals surface area contributed by atoms with Gasteiger partial charge in [0, 0.05) is 6.54 Å². The largest absolute Gasteiger partial charge is 0.480 e. The molecule has 19 heavy (non-hydrogen) atoms. The molecule has 5 nitrogen and oxygen atoms in total. The molecule has 106 valence electrons. The lowest BCUT2D eigenvalue weighted by Crippen LogP contribution is -2.36. The molecular weight excluding hydrogens is 266 g/mol. The first-order valence-corrected chi connectivity index (χ1v) is 7.51. The van der Waals surface area contributed by atoms with E-state index in [1.165, 1.54) is 0 Å². The Morgan fingerprint density at radius 1 is 1.21 bits per heavy atom. The first-order valence-electron chi connectivity index (χ1n) is 6.07. The Labute approximate surface area is 113 Å². The topological polar surface area (TPSA) is 74.7 Å². The highest BCUT2D eigenvalue weighted by molar-refractivity contribution is 7.89. The third-order valence-electron chi connectivity index (χ3n) is 2.62. The Balaban J connectivity index is 3.21. The summed E-state index contributed by atoms with van der Waals surface area (Å²) < 4.78 is 25.9. The molecule has 0 saturated heterocycles. The maximum absolute atomic E-state index is 12.4. The van der Waals surface area contributed by atoms with Crippen molar-refractivity contribution in [1.29, 1.82) is 0 Å². The summed E-state index contributed by atoms with van der Waals surface area (Å²) in [5.74, 6) is -1.15. The highest BCUT2D eigenvalue weighted by Gasteiger charge is 2.26. The number of benzene rings is 1. The molecule has 0 spiro atoms. The van der Waals surface area contributed by atoms with E-state index in [4.69, 9.17) is 5.11 Å². The molecule has 0 unspecified atom stereocenters. The second kappa shape index (κ2) is 6.16. The lowest BCUT2D eigenvalue weighted by Gasteiger charge is -2.20. The zero-order valence-corrected chi connectivity index (χ0v) is 12.2. The third-order valence-corrected chi connectivity index (χ3v) is 4.44. The second-order valence-corrected chi connectivity index (χ2v) is 6.49. The van der Waals surface area contributed by atoms with E-state index in [0.29, 0.717) is 6.42 Å². The van der Waals surface area contributed by atoms with Gasteiger partial charge in [-0.1, -0.05) is 13.0 Å². The number of hydrogen-bond donors (Lipinski definition) is 1. The molecule has 0 aromatic heterocycles. The van der Waals surface area contributed by atoms with E-state index >= 15 is 0 Å². The minimum Gasteiger partial charge on any atom is -0.480 e. The quantitative estimate of drug-likeness (QED) is 0.864. The standard InChI is InChI=1S/C13H19NO4S/c1-4-5-14(9-13(15)16)19(17,18)12-7-10(2)6-11(3)8-12/h6-8H,4-5,9H2,1-3H3,(H,15,16). The van der Waals surface area contributed by atoms with Gasteiger partial charge in [0.2, 0.25) is 10.0 Å². The van der Waals surface area contributed by atoms with E-state index in [1.807, 2.05) is 26.8 Å². The number of aliphatic carboxylic acids is 1. The van der Waals surface area contributed by atoms with Crippen molar-refractivity contribution in [3.05, 3.63) is 29.3 Å². The molecule has 0 radical (unpaired) electrons. The van der Waals surface area contributed by atoms with Crippen molar-refractivity contribution in [2.45, 2.75) is 32.1 Å². The van der Waals surface area contributed by atoms with Crippen molar-refractivity contribution in [2.24, 2.45) is 0 Å². The molecule has 0 atom stereocenters. The summed E-state index contributed by atoms with van der Waals surface area (Å²) in [7, 11) is -3.75. The van der Waals surface area contributed by atoms with E-state index < -0.39 is 22.5 Å². The number of hydrogen-bond acceptors (Lipinski definition) is 3. The average Bonchev–Trinajstić information content (AvgIpc) is 2.26. The Hall–Kier alpha value is -1.40. The minimum absolute atomic E-state index is 0.153. The summed E-state index contributed by atoms with van der Waals surface area (Å²) in [6.45, 7) is 5.12. The van der Waals surface area contributed by atoms with Gasteiger partial charge in [0.15, 0.2) is 0 Å². The fourth-order valence-corrected chi connectivity index (χ4v) is 3.59. The van der Waals surface area contributed by atoms with Crippen molar-refractivity contribution < 1.29 is 18.3 Å². The van der Waals surface area contributed by atoms with Crippen LogP contribution in [0.5, 0.6) is 0 Å². The molecule has 1 rings (SSSR count). The smallest absolute Gasteiger partial charge is 0.318 e. The van der Waals surface area contributed by atoms with E-state index in [-0.39, 0.29) is 11.4 Å². The Kier molecular flexibility index (Phi) is 5.08. The highest BCUT2D eigenvalue weighted by Crippen LogP contribution is 2.19. The molecule has 1 N–H and O–H groups in total. The Morgan fingerprint density at radius 3 is 2.16 bits per heavy atom. The number of sulfonamides is 1. The predicted octanol–water partition coefficient (Wildman–Crippen LogP) is 1.79. The molecule has 0 aliphatic heterocycles. The molecule has 0 saturated carbocycles. The zero-order valence-electron chi connectivity index (χ0n) is 11.4. The monoisotopic (exact) mass is 285 g/mol. The second-order valence-electron chi connectivity index (χ2n) is 4.56. The van der Waals surface area contributed by atoms with Gasteiger partial charge in [0.25, 0.3) is 0 Å². The summed E-state index contributed by atoms with van der Waals surface area (Å²) in [6, 6.07) is 5.00. The average molecular weight is 285 g/mol. The van der Waals surface area contributed by atoms with Crippen LogP contribution in [0, 0.1) is 13.8 Å². The normalized spacial score (nSPS) is 11.8. The molecule has 0 bridgehead atoms. The van der Waals surface area contributed by atoms with Crippen LogP contribution >= 0.6 is 0 Å². The van der Waals surface area contributed by atoms with Gasteiger partial charge in [0.05, 0.1) is 4.90 Å². The fraction of sp³-hybridized carbons (Fsp3) is 0.462. The number of carboxylic acids is 1. The van der Waals surface area contributed by atoms with Crippen molar-refractivity contribution in [2.75, 3.05) is 13.1 Å². The number of aryl methyl sites for hydroxylation is 2. The summed E-state index contributed by atoms with van der Waals surface area (Å²) in [4.78, 5) is 10.9. The molecule has 0 heterocycles.